The number of morpholine rings is 1. The van der Waals surface area contributed by atoms with Gasteiger partial charge in [0.25, 0.3) is 5.91 Å². The number of nitrogens with one attached hydrogen (secondary N) is 1. The summed E-state index contributed by atoms with van der Waals surface area (Å²) in [5.41, 5.74) is 0.0819. The first kappa shape index (κ1) is 20.8. The molecule has 10 heteroatoms. The first-order chi connectivity index (χ1) is 13.3. The maximum Gasteiger partial charge on any atom is 0.251 e. The number of sulfonamides is 1. The molecule has 0 bridgehead atoms. The van der Waals surface area contributed by atoms with Crippen molar-refractivity contribution < 1.29 is 26.7 Å². The summed E-state index contributed by atoms with van der Waals surface area (Å²) in [7, 11) is -3.81. The Morgan fingerprint density at radius 3 is 2.57 bits per heavy atom. The van der Waals surface area contributed by atoms with Crippen LogP contribution >= 0.6 is 15.9 Å². The van der Waals surface area contributed by atoms with E-state index in [2.05, 4.69) is 21.2 Å². The molecular weight excluding hydrogens is 458 g/mol. The maximum absolute atomic E-state index is 13.7. The molecule has 0 radical (unpaired) electrons. The molecule has 0 unspecified atom stereocenters. The Balaban J connectivity index is 1.80. The SMILES string of the molecule is O=C(NCc1cc(F)ccc1F)c1ccc(Br)c(S(=O)(=O)N2CCOCC2)c1. The van der Waals surface area contributed by atoms with Gasteiger partial charge in [-0.3, -0.25) is 4.79 Å². The minimum atomic E-state index is -3.81. The van der Waals surface area contributed by atoms with Crippen LogP contribution in [-0.2, 0) is 21.3 Å². The van der Waals surface area contributed by atoms with Crippen LogP contribution in [0.2, 0.25) is 0 Å². The summed E-state index contributed by atoms with van der Waals surface area (Å²) in [5, 5.41) is 2.47. The molecule has 0 aromatic heterocycles. The van der Waals surface area contributed by atoms with Crippen molar-refractivity contribution in [3.05, 3.63) is 63.6 Å². The topological polar surface area (TPSA) is 75.7 Å². The quantitative estimate of drug-likeness (QED) is 0.722. The standard InChI is InChI=1S/C18H17BrF2N2O4S/c19-15-3-1-12(10-17(15)28(25,26)23-5-7-27-8-6-23)18(24)22-11-13-9-14(20)2-4-16(13)21/h1-4,9-10H,5-8,11H2,(H,22,24). The third-order valence-electron chi connectivity index (χ3n) is 4.23. The van der Waals surface area contributed by atoms with E-state index in [9.17, 15) is 22.0 Å². The third kappa shape index (κ3) is 4.57. The predicted octanol–water partition coefficient (Wildman–Crippen LogP) is 2.68. The molecule has 3 rings (SSSR count). The van der Waals surface area contributed by atoms with Crippen molar-refractivity contribution in [1.29, 1.82) is 0 Å². The lowest BCUT2D eigenvalue weighted by atomic mass is 10.2. The number of rotatable bonds is 5. The van der Waals surface area contributed by atoms with Crippen molar-refractivity contribution in [1.82, 2.24) is 9.62 Å². The van der Waals surface area contributed by atoms with Crippen molar-refractivity contribution in [3.8, 4) is 0 Å². The summed E-state index contributed by atoms with van der Waals surface area (Å²) in [4.78, 5) is 12.4. The molecular formula is C18H17BrF2N2O4S. The number of benzene rings is 2. The van der Waals surface area contributed by atoms with E-state index < -0.39 is 27.6 Å². The molecule has 1 aliphatic rings. The molecule has 1 N–H and O–H groups in total. The average Bonchev–Trinajstić information content (AvgIpc) is 2.69. The monoisotopic (exact) mass is 474 g/mol. The zero-order valence-electron chi connectivity index (χ0n) is 14.6. The van der Waals surface area contributed by atoms with Crippen LogP contribution in [0, 0.1) is 11.6 Å². The predicted molar refractivity (Wildman–Crippen MR) is 101 cm³/mol. The highest BCUT2D eigenvalue weighted by Gasteiger charge is 2.29. The second kappa shape index (κ2) is 8.64. The van der Waals surface area contributed by atoms with E-state index in [-0.39, 0.29) is 35.7 Å². The summed E-state index contributed by atoms with van der Waals surface area (Å²) in [5.74, 6) is -1.86. The van der Waals surface area contributed by atoms with Gasteiger partial charge in [0.05, 0.1) is 18.1 Å². The minimum absolute atomic E-state index is 0.00776. The first-order valence-electron chi connectivity index (χ1n) is 8.38. The second-order valence-electron chi connectivity index (χ2n) is 6.08. The zero-order valence-corrected chi connectivity index (χ0v) is 17.0. The fourth-order valence-electron chi connectivity index (χ4n) is 2.72. The van der Waals surface area contributed by atoms with Crippen LogP contribution in [0.3, 0.4) is 0 Å². The molecule has 0 aliphatic carbocycles. The Kier molecular flexibility index (Phi) is 6.43. The lowest BCUT2D eigenvalue weighted by Crippen LogP contribution is -2.40. The van der Waals surface area contributed by atoms with Crippen molar-refractivity contribution in [3.63, 3.8) is 0 Å². The van der Waals surface area contributed by atoms with Gasteiger partial charge >= 0.3 is 0 Å². The van der Waals surface area contributed by atoms with Gasteiger partial charge in [0.1, 0.15) is 11.6 Å². The van der Waals surface area contributed by atoms with Crippen molar-refractivity contribution in [2.24, 2.45) is 0 Å². The number of hydrogen-bond donors (Lipinski definition) is 1. The minimum Gasteiger partial charge on any atom is -0.379 e. The molecule has 0 saturated carbocycles. The highest BCUT2D eigenvalue weighted by molar-refractivity contribution is 9.10. The van der Waals surface area contributed by atoms with E-state index in [0.29, 0.717) is 17.7 Å². The fraction of sp³-hybridized carbons (Fsp3) is 0.278. The molecule has 0 atom stereocenters. The van der Waals surface area contributed by atoms with Gasteiger partial charge in [-0.25, -0.2) is 17.2 Å². The second-order valence-corrected chi connectivity index (χ2v) is 8.84. The summed E-state index contributed by atoms with van der Waals surface area (Å²) in [6.07, 6.45) is 0. The Bertz CT molecular complexity index is 995. The van der Waals surface area contributed by atoms with Gasteiger partial charge in [0.15, 0.2) is 0 Å². The van der Waals surface area contributed by atoms with Crippen molar-refractivity contribution in [2.75, 3.05) is 26.3 Å². The van der Waals surface area contributed by atoms with Crippen LogP contribution in [0.4, 0.5) is 8.78 Å². The van der Waals surface area contributed by atoms with Gasteiger partial charge in [-0.1, -0.05) is 0 Å². The highest BCUT2D eigenvalue weighted by Crippen LogP contribution is 2.27. The van der Waals surface area contributed by atoms with Crippen LogP contribution in [0.1, 0.15) is 15.9 Å². The number of ether oxygens (including phenoxy) is 1. The Morgan fingerprint density at radius 1 is 1.14 bits per heavy atom. The van der Waals surface area contributed by atoms with Gasteiger partial charge in [0.2, 0.25) is 10.0 Å². The fourth-order valence-corrected chi connectivity index (χ4v) is 5.08. The van der Waals surface area contributed by atoms with E-state index in [4.69, 9.17) is 4.74 Å². The maximum atomic E-state index is 13.7. The van der Waals surface area contributed by atoms with Gasteiger partial charge in [-0.15, -0.1) is 0 Å². The number of halogens is 3. The van der Waals surface area contributed by atoms with E-state index in [1.165, 1.54) is 22.5 Å². The van der Waals surface area contributed by atoms with Gasteiger partial charge < -0.3 is 10.1 Å². The number of hydrogen-bond acceptors (Lipinski definition) is 4. The molecule has 1 saturated heterocycles. The van der Waals surface area contributed by atoms with Crippen molar-refractivity contribution >= 4 is 31.9 Å². The largest absolute Gasteiger partial charge is 0.379 e. The Morgan fingerprint density at radius 2 is 1.86 bits per heavy atom. The van der Waals surface area contributed by atoms with Crippen LogP contribution in [0.15, 0.2) is 45.8 Å². The smallest absolute Gasteiger partial charge is 0.251 e. The Labute approximate surface area is 169 Å². The highest BCUT2D eigenvalue weighted by atomic mass is 79.9. The van der Waals surface area contributed by atoms with E-state index >= 15 is 0 Å². The van der Waals surface area contributed by atoms with Crippen LogP contribution < -0.4 is 5.32 Å². The molecule has 150 valence electrons. The molecule has 28 heavy (non-hydrogen) atoms. The number of carbonyl (C=O) groups is 1. The lowest BCUT2D eigenvalue weighted by molar-refractivity contribution is 0.0730. The number of carbonyl (C=O) groups excluding carboxylic acids is 1. The van der Waals surface area contributed by atoms with Gasteiger partial charge in [-0.05, 0) is 52.3 Å². The molecule has 1 heterocycles. The Hall–Kier alpha value is -1.88. The van der Waals surface area contributed by atoms with Crippen molar-refractivity contribution in [2.45, 2.75) is 11.4 Å². The van der Waals surface area contributed by atoms with E-state index in [1.54, 1.807) is 0 Å². The molecule has 1 amide bonds. The summed E-state index contributed by atoms with van der Waals surface area (Å²) in [6.45, 7) is 0.824. The summed E-state index contributed by atoms with van der Waals surface area (Å²) < 4.78 is 59.4. The third-order valence-corrected chi connectivity index (χ3v) is 7.12. The normalized spacial score (nSPS) is 15.4. The lowest BCUT2D eigenvalue weighted by Gasteiger charge is -2.26. The first-order valence-corrected chi connectivity index (χ1v) is 10.6. The van der Waals surface area contributed by atoms with Crippen LogP contribution in [-0.4, -0.2) is 44.9 Å². The molecule has 1 aliphatic heterocycles. The molecule has 1 fully saturated rings. The average molecular weight is 475 g/mol. The summed E-state index contributed by atoms with van der Waals surface area (Å²) in [6, 6.07) is 7.12. The molecule has 0 spiro atoms. The van der Waals surface area contributed by atoms with Gasteiger partial charge in [0, 0.05) is 35.2 Å². The molecule has 2 aromatic rings. The zero-order chi connectivity index (χ0) is 20.3. The van der Waals surface area contributed by atoms with E-state index in [0.717, 1.165) is 18.2 Å². The van der Waals surface area contributed by atoms with Crippen LogP contribution in [0.25, 0.3) is 0 Å². The molecule has 6 nitrogen and oxygen atoms in total. The number of nitrogens with zero attached hydrogens (tertiary/aromatic N) is 1. The van der Waals surface area contributed by atoms with Crippen LogP contribution in [0.5, 0.6) is 0 Å². The number of amides is 1. The van der Waals surface area contributed by atoms with E-state index in [1.807, 2.05) is 0 Å². The molecule has 2 aromatic carbocycles. The van der Waals surface area contributed by atoms with Gasteiger partial charge in [-0.2, -0.15) is 4.31 Å². The summed E-state index contributed by atoms with van der Waals surface area (Å²) >= 11 is 3.22.